The van der Waals surface area contributed by atoms with Gasteiger partial charge in [-0.15, -0.1) is 0 Å². The number of carbonyl (C=O) groups is 4. The van der Waals surface area contributed by atoms with Crippen molar-refractivity contribution in [3.05, 3.63) is 29.3 Å². The van der Waals surface area contributed by atoms with Gasteiger partial charge in [0.1, 0.15) is 6.04 Å². The molecule has 2 rings (SSSR count). The quantitative estimate of drug-likeness (QED) is 0.586. The van der Waals surface area contributed by atoms with Crippen LogP contribution in [0.1, 0.15) is 27.6 Å². The van der Waals surface area contributed by atoms with E-state index in [1.807, 2.05) is 0 Å². The van der Waals surface area contributed by atoms with E-state index >= 15 is 0 Å². The van der Waals surface area contributed by atoms with Crippen molar-refractivity contribution in [1.82, 2.24) is 10.6 Å². The number of fused-ring (bicyclic) bond motifs is 1. The molecule has 0 fully saturated rings. The maximum atomic E-state index is 11.5. The molecule has 1 aliphatic rings. The number of amides is 4. The third-order valence-corrected chi connectivity index (χ3v) is 2.71. The minimum absolute atomic E-state index is 0.166. The molecule has 0 saturated heterocycles. The van der Waals surface area contributed by atoms with Gasteiger partial charge in [0, 0.05) is 5.69 Å². The number of hydrogen-bond acceptors (Lipinski definition) is 4. The molecule has 0 spiro atoms. The van der Waals surface area contributed by atoms with Gasteiger partial charge in [-0.1, -0.05) is 0 Å². The topological polar surface area (TPSA) is 125 Å². The first-order chi connectivity index (χ1) is 9.38. The zero-order valence-corrected chi connectivity index (χ0v) is 10.4. The fourth-order valence-corrected chi connectivity index (χ4v) is 1.67. The summed E-state index contributed by atoms with van der Waals surface area (Å²) in [5.74, 6) is -2.19. The molecule has 1 atom stereocenters. The van der Waals surface area contributed by atoms with Crippen LogP contribution in [-0.2, 0) is 4.79 Å². The van der Waals surface area contributed by atoms with Crippen molar-refractivity contribution in [2.45, 2.75) is 13.0 Å². The van der Waals surface area contributed by atoms with Gasteiger partial charge in [-0.2, -0.15) is 0 Å². The fraction of sp³-hybridized carbons (Fsp3) is 0.167. The Bertz CT molecular complexity index is 626. The van der Waals surface area contributed by atoms with E-state index in [2.05, 4.69) is 16.0 Å². The van der Waals surface area contributed by atoms with Crippen LogP contribution < -0.4 is 16.0 Å². The number of carboxylic acid groups (broad SMARTS) is 1. The number of benzene rings is 1. The number of hydrogen-bond donors (Lipinski definition) is 4. The Morgan fingerprint density at radius 3 is 2.50 bits per heavy atom. The van der Waals surface area contributed by atoms with Crippen LogP contribution in [0.3, 0.4) is 0 Å². The zero-order chi connectivity index (χ0) is 14.9. The number of rotatable bonds is 3. The second-order valence-corrected chi connectivity index (χ2v) is 4.20. The highest BCUT2D eigenvalue weighted by Gasteiger charge is 2.26. The molecule has 0 saturated carbocycles. The molecule has 0 aliphatic carbocycles. The molecule has 1 aliphatic heterocycles. The second-order valence-electron chi connectivity index (χ2n) is 4.20. The molecule has 0 radical (unpaired) electrons. The number of carboxylic acids is 1. The highest BCUT2D eigenvalue weighted by Crippen LogP contribution is 2.20. The maximum absolute atomic E-state index is 11.5. The molecule has 4 N–H and O–H groups in total. The number of urea groups is 1. The van der Waals surface area contributed by atoms with Gasteiger partial charge >= 0.3 is 12.0 Å². The van der Waals surface area contributed by atoms with Crippen molar-refractivity contribution < 1.29 is 24.3 Å². The highest BCUT2D eigenvalue weighted by molar-refractivity contribution is 6.22. The largest absolute Gasteiger partial charge is 0.480 e. The Morgan fingerprint density at radius 2 is 1.85 bits per heavy atom. The highest BCUT2D eigenvalue weighted by atomic mass is 16.4. The first-order valence-electron chi connectivity index (χ1n) is 5.68. The third kappa shape index (κ3) is 2.58. The van der Waals surface area contributed by atoms with Gasteiger partial charge in [-0.05, 0) is 25.1 Å². The molecule has 0 bridgehead atoms. The Labute approximate surface area is 113 Å². The molecule has 1 unspecified atom stereocenters. The average molecular weight is 277 g/mol. The van der Waals surface area contributed by atoms with Crippen LogP contribution in [0.4, 0.5) is 10.5 Å². The summed E-state index contributed by atoms with van der Waals surface area (Å²) in [6, 6.07) is 2.44. The van der Waals surface area contributed by atoms with Crippen LogP contribution in [0.2, 0.25) is 0 Å². The lowest BCUT2D eigenvalue weighted by Crippen LogP contribution is -2.40. The summed E-state index contributed by atoms with van der Waals surface area (Å²) in [5.41, 5.74) is 0.683. The van der Waals surface area contributed by atoms with Gasteiger partial charge < -0.3 is 15.7 Å². The SMILES string of the molecule is CC(NC(=O)Nc1ccc2c(c1)C(=O)NC2=O)C(=O)O. The summed E-state index contributed by atoms with van der Waals surface area (Å²) >= 11 is 0. The van der Waals surface area contributed by atoms with E-state index in [0.717, 1.165) is 0 Å². The van der Waals surface area contributed by atoms with Crippen molar-refractivity contribution >= 4 is 29.5 Å². The van der Waals surface area contributed by atoms with E-state index in [0.29, 0.717) is 0 Å². The van der Waals surface area contributed by atoms with Gasteiger partial charge in [0.15, 0.2) is 0 Å². The van der Waals surface area contributed by atoms with Gasteiger partial charge in [-0.3, -0.25) is 19.7 Å². The molecule has 104 valence electrons. The molecule has 20 heavy (non-hydrogen) atoms. The van der Waals surface area contributed by atoms with Crippen LogP contribution >= 0.6 is 0 Å². The van der Waals surface area contributed by atoms with Crippen molar-refractivity contribution in [3.63, 3.8) is 0 Å². The average Bonchev–Trinajstić information content (AvgIpc) is 2.64. The monoisotopic (exact) mass is 277 g/mol. The van der Waals surface area contributed by atoms with E-state index in [1.165, 1.54) is 25.1 Å². The minimum atomic E-state index is -1.17. The Hall–Kier alpha value is -2.90. The summed E-state index contributed by atoms with van der Waals surface area (Å²) in [6.07, 6.45) is 0. The summed E-state index contributed by atoms with van der Waals surface area (Å²) < 4.78 is 0. The van der Waals surface area contributed by atoms with Crippen molar-refractivity contribution in [2.24, 2.45) is 0 Å². The van der Waals surface area contributed by atoms with Crippen LogP contribution in [0.5, 0.6) is 0 Å². The van der Waals surface area contributed by atoms with Crippen molar-refractivity contribution in [1.29, 1.82) is 0 Å². The van der Waals surface area contributed by atoms with E-state index in [9.17, 15) is 19.2 Å². The van der Waals surface area contributed by atoms with Crippen LogP contribution in [0.25, 0.3) is 0 Å². The van der Waals surface area contributed by atoms with Gasteiger partial charge in [0.05, 0.1) is 11.1 Å². The van der Waals surface area contributed by atoms with E-state index in [-0.39, 0.29) is 16.8 Å². The van der Waals surface area contributed by atoms with Gasteiger partial charge in [-0.25, -0.2) is 4.79 Å². The van der Waals surface area contributed by atoms with E-state index in [4.69, 9.17) is 5.11 Å². The number of carbonyl (C=O) groups excluding carboxylic acids is 3. The smallest absolute Gasteiger partial charge is 0.325 e. The lowest BCUT2D eigenvalue weighted by atomic mass is 10.1. The maximum Gasteiger partial charge on any atom is 0.325 e. The Kier molecular flexibility index (Phi) is 3.38. The van der Waals surface area contributed by atoms with Gasteiger partial charge in [0.25, 0.3) is 11.8 Å². The molecule has 8 heteroatoms. The molecule has 4 amide bonds. The molecule has 1 aromatic carbocycles. The molecule has 1 heterocycles. The molecule has 1 aromatic rings. The van der Waals surface area contributed by atoms with Crippen molar-refractivity contribution in [2.75, 3.05) is 5.32 Å². The lowest BCUT2D eigenvalue weighted by molar-refractivity contribution is -0.138. The number of imide groups is 1. The second kappa shape index (κ2) is 5.00. The fourth-order valence-electron chi connectivity index (χ4n) is 1.67. The zero-order valence-electron chi connectivity index (χ0n) is 10.4. The van der Waals surface area contributed by atoms with E-state index in [1.54, 1.807) is 0 Å². The predicted octanol–water partition coefficient (Wildman–Crippen LogP) is 0.165. The third-order valence-electron chi connectivity index (χ3n) is 2.71. The van der Waals surface area contributed by atoms with Gasteiger partial charge in [0.2, 0.25) is 0 Å². The summed E-state index contributed by atoms with van der Waals surface area (Å²) in [6.45, 7) is 1.32. The summed E-state index contributed by atoms with van der Waals surface area (Å²) in [7, 11) is 0. The van der Waals surface area contributed by atoms with Crippen LogP contribution in [-0.4, -0.2) is 35.0 Å². The summed E-state index contributed by atoms with van der Waals surface area (Å²) in [5, 5.41) is 15.4. The normalized spacial score (nSPS) is 14.2. The standard InChI is InChI=1S/C12H11N3O5/c1-5(11(18)19)13-12(20)14-6-2-3-7-8(4-6)10(17)15-9(7)16/h2-5H,1H3,(H,18,19)(H2,13,14,20)(H,15,16,17). The van der Waals surface area contributed by atoms with Crippen LogP contribution in [0, 0.1) is 0 Å². The first kappa shape index (κ1) is 13.5. The number of aliphatic carboxylic acids is 1. The summed E-state index contributed by atoms with van der Waals surface area (Å²) in [4.78, 5) is 44.9. The number of nitrogens with one attached hydrogen (secondary N) is 3. The molecular weight excluding hydrogens is 266 g/mol. The Balaban J connectivity index is 2.10. The Morgan fingerprint density at radius 1 is 1.20 bits per heavy atom. The predicted molar refractivity (Wildman–Crippen MR) is 67.5 cm³/mol. The molecular formula is C12H11N3O5. The van der Waals surface area contributed by atoms with E-state index < -0.39 is 29.9 Å². The van der Waals surface area contributed by atoms with Crippen molar-refractivity contribution in [3.8, 4) is 0 Å². The molecule has 8 nitrogen and oxygen atoms in total. The molecule has 0 aromatic heterocycles. The van der Waals surface area contributed by atoms with Crippen LogP contribution in [0.15, 0.2) is 18.2 Å². The lowest BCUT2D eigenvalue weighted by Gasteiger charge is -2.11. The minimum Gasteiger partial charge on any atom is -0.480 e. The first-order valence-corrected chi connectivity index (χ1v) is 5.68. The number of anilines is 1.